The average molecular weight is 329 g/mol. The fourth-order valence-corrected chi connectivity index (χ4v) is 2.74. The lowest BCUT2D eigenvalue weighted by Crippen LogP contribution is -2.33. The molecular weight excluding hydrogens is 312 g/mol. The first-order valence-electron chi connectivity index (χ1n) is 6.88. The minimum atomic E-state index is -1.32. The summed E-state index contributed by atoms with van der Waals surface area (Å²) in [6.45, 7) is 2.95. The van der Waals surface area contributed by atoms with Gasteiger partial charge in [-0.1, -0.05) is 11.6 Å². The van der Waals surface area contributed by atoms with Crippen molar-refractivity contribution in [1.82, 2.24) is 19.5 Å². The zero-order valence-corrected chi connectivity index (χ0v) is 12.9. The molecule has 120 valence electrons. The molecule has 0 aromatic carbocycles. The third-order valence-corrected chi connectivity index (χ3v) is 3.65. The molecule has 2 aromatic heterocycles. The Bertz CT molecular complexity index is 672. The third kappa shape index (κ3) is 2.92. The highest BCUT2D eigenvalue weighted by molar-refractivity contribution is 6.33. The van der Waals surface area contributed by atoms with Crippen molar-refractivity contribution in [2.45, 2.75) is 44.5 Å². The van der Waals surface area contributed by atoms with Crippen molar-refractivity contribution < 1.29 is 19.7 Å². The van der Waals surface area contributed by atoms with Gasteiger partial charge in [0.2, 0.25) is 0 Å². The quantitative estimate of drug-likeness (QED) is 0.634. The predicted octanol–water partition coefficient (Wildman–Crippen LogP) is 0.873. The van der Waals surface area contributed by atoms with Crippen LogP contribution in [0.15, 0.2) is 12.7 Å². The standard InChI is InChI=1S/C13H17ClN4O4/c1-13(2,20)22-8-3-7(4-19)21-12(8)18-6-17-9-10(14)15-5-16-11(9)18/h5-8,12,19-20H,3-4H2,1-2H3/t7-,8+,12+/m0/s1. The second-order valence-electron chi connectivity index (χ2n) is 5.66. The Labute approximate surface area is 131 Å². The van der Waals surface area contributed by atoms with Gasteiger partial charge in [-0.2, -0.15) is 0 Å². The van der Waals surface area contributed by atoms with Crippen LogP contribution in [0.1, 0.15) is 26.5 Å². The number of imidazole rings is 1. The van der Waals surface area contributed by atoms with Gasteiger partial charge in [-0.15, -0.1) is 0 Å². The summed E-state index contributed by atoms with van der Waals surface area (Å²) < 4.78 is 13.1. The second-order valence-corrected chi connectivity index (χ2v) is 6.02. The number of aliphatic hydroxyl groups is 2. The van der Waals surface area contributed by atoms with E-state index >= 15 is 0 Å². The highest BCUT2D eigenvalue weighted by atomic mass is 35.5. The molecule has 8 nitrogen and oxygen atoms in total. The Morgan fingerprint density at radius 2 is 2.23 bits per heavy atom. The van der Waals surface area contributed by atoms with Crippen LogP contribution >= 0.6 is 11.6 Å². The molecule has 2 N–H and O–H groups in total. The molecule has 1 aliphatic rings. The number of halogens is 1. The van der Waals surface area contributed by atoms with Crippen LogP contribution in [-0.4, -0.2) is 54.3 Å². The van der Waals surface area contributed by atoms with E-state index in [1.54, 1.807) is 18.4 Å². The van der Waals surface area contributed by atoms with E-state index in [1.165, 1.54) is 12.7 Å². The lowest BCUT2D eigenvalue weighted by molar-refractivity contribution is -0.222. The molecule has 0 saturated carbocycles. The predicted molar refractivity (Wildman–Crippen MR) is 77.1 cm³/mol. The van der Waals surface area contributed by atoms with Crippen molar-refractivity contribution in [1.29, 1.82) is 0 Å². The molecule has 2 aromatic rings. The number of rotatable bonds is 4. The number of hydrogen-bond acceptors (Lipinski definition) is 7. The number of ether oxygens (including phenoxy) is 2. The molecule has 0 radical (unpaired) electrons. The fourth-order valence-electron chi connectivity index (χ4n) is 2.56. The Balaban J connectivity index is 1.97. The van der Waals surface area contributed by atoms with Crippen molar-refractivity contribution >= 4 is 22.8 Å². The summed E-state index contributed by atoms with van der Waals surface area (Å²) in [5.74, 6) is -1.32. The van der Waals surface area contributed by atoms with Crippen LogP contribution in [0.25, 0.3) is 11.2 Å². The van der Waals surface area contributed by atoms with Gasteiger partial charge in [0.1, 0.15) is 17.9 Å². The van der Waals surface area contributed by atoms with E-state index in [0.717, 1.165) is 0 Å². The van der Waals surface area contributed by atoms with Gasteiger partial charge in [-0.25, -0.2) is 15.0 Å². The lowest BCUT2D eigenvalue weighted by Gasteiger charge is -2.27. The summed E-state index contributed by atoms with van der Waals surface area (Å²) >= 11 is 6.00. The van der Waals surface area contributed by atoms with Crippen LogP contribution in [0.3, 0.4) is 0 Å². The van der Waals surface area contributed by atoms with Gasteiger partial charge in [-0.05, 0) is 13.8 Å². The number of aliphatic hydroxyl groups excluding tert-OH is 1. The fraction of sp³-hybridized carbons (Fsp3) is 0.615. The maximum atomic E-state index is 9.90. The summed E-state index contributed by atoms with van der Waals surface area (Å²) in [7, 11) is 0. The molecular formula is C13H17ClN4O4. The van der Waals surface area contributed by atoms with E-state index in [1.807, 2.05) is 0 Å². The van der Waals surface area contributed by atoms with E-state index < -0.39 is 18.1 Å². The molecule has 3 rings (SSSR count). The Morgan fingerprint density at radius 3 is 2.91 bits per heavy atom. The maximum absolute atomic E-state index is 9.90. The van der Waals surface area contributed by atoms with Crippen molar-refractivity contribution in [3.8, 4) is 0 Å². The van der Waals surface area contributed by atoms with E-state index in [4.69, 9.17) is 21.1 Å². The van der Waals surface area contributed by atoms with Crippen molar-refractivity contribution in [3.05, 3.63) is 17.8 Å². The van der Waals surface area contributed by atoms with Crippen molar-refractivity contribution in [2.24, 2.45) is 0 Å². The van der Waals surface area contributed by atoms with E-state index in [9.17, 15) is 10.2 Å². The lowest BCUT2D eigenvalue weighted by atomic mass is 10.2. The molecule has 22 heavy (non-hydrogen) atoms. The molecule has 0 bridgehead atoms. The Kier molecular flexibility index (Phi) is 4.04. The summed E-state index contributed by atoms with van der Waals surface area (Å²) in [5.41, 5.74) is 0.968. The molecule has 0 aliphatic carbocycles. The molecule has 3 atom stereocenters. The zero-order valence-electron chi connectivity index (χ0n) is 12.2. The SMILES string of the molecule is CC(C)(O)O[C@@H]1C[C@@H](CO)O[C@H]1n1cnc2c(Cl)ncnc21. The monoisotopic (exact) mass is 328 g/mol. The minimum Gasteiger partial charge on any atom is -0.394 e. The van der Waals surface area contributed by atoms with Crippen LogP contribution in [0.4, 0.5) is 0 Å². The van der Waals surface area contributed by atoms with E-state index in [2.05, 4.69) is 15.0 Å². The summed E-state index contributed by atoms with van der Waals surface area (Å²) in [6, 6.07) is 0. The maximum Gasteiger partial charge on any atom is 0.167 e. The number of aromatic nitrogens is 4. The molecule has 9 heteroatoms. The minimum absolute atomic E-state index is 0.134. The van der Waals surface area contributed by atoms with Gasteiger partial charge in [0.15, 0.2) is 22.8 Å². The second kappa shape index (κ2) is 5.71. The normalized spacial score (nSPS) is 26.0. The first-order chi connectivity index (χ1) is 10.4. The average Bonchev–Trinajstić information content (AvgIpc) is 3.01. The Morgan fingerprint density at radius 1 is 1.45 bits per heavy atom. The summed E-state index contributed by atoms with van der Waals surface area (Å²) in [4.78, 5) is 12.2. The molecule has 3 heterocycles. The molecule has 1 saturated heterocycles. The molecule has 0 spiro atoms. The van der Waals surface area contributed by atoms with Crippen LogP contribution in [0.2, 0.25) is 5.15 Å². The number of hydrogen-bond donors (Lipinski definition) is 2. The zero-order chi connectivity index (χ0) is 15.9. The van der Waals surface area contributed by atoms with Crippen LogP contribution < -0.4 is 0 Å². The van der Waals surface area contributed by atoms with Gasteiger partial charge in [0, 0.05) is 6.42 Å². The number of nitrogens with zero attached hydrogens (tertiary/aromatic N) is 4. The first-order valence-corrected chi connectivity index (χ1v) is 7.26. The van der Waals surface area contributed by atoms with Crippen LogP contribution in [-0.2, 0) is 9.47 Å². The molecule has 1 fully saturated rings. The van der Waals surface area contributed by atoms with Gasteiger partial charge in [0.25, 0.3) is 0 Å². The molecule has 0 amide bonds. The van der Waals surface area contributed by atoms with Gasteiger partial charge < -0.3 is 19.7 Å². The van der Waals surface area contributed by atoms with Gasteiger partial charge in [0.05, 0.1) is 19.0 Å². The largest absolute Gasteiger partial charge is 0.394 e. The topological polar surface area (TPSA) is 103 Å². The number of fused-ring (bicyclic) bond motifs is 1. The van der Waals surface area contributed by atoms with Gasteiger partial charge in [-0.3, -0.25) is 4.57 Å². The first kappa shape index (κ1) is 15.6. The summed E-state index contributed by atoms with van der Waals surface area (Å²) in [6.07, 6.45) is 1.92. The van der Waals surface area contributed by atoms with Crippen LogP contribution in [0.5, 0.6) is 0 Å². The van der Waals surface area contributed by atoms with Gasteiger partial charge >= 0.3 is 0 Å². The highest BCUT2D eigenvalue weighted by Crippen LogP contribution is 2.35. The smallest absolute Gasteiger partial charge is 0.167 e. The van der Waals surface area contributed by atoms with Crippen molar-refractivity contribution in [3.63, 3.8) is 0 Å². The van der Waals surface area contributed by atoms with Crippen LogP contribution in [0, 0.1) is 0 Å². The molecule has 0 unspecified atom stereocenters. The van der Waals surface area contributed by atoms with E-state index in [0.29, 0.717) is 17.6 Å². The third-order valence-electron chi connectivity index (χ3n) is 3.38. The Hall–Kier alpha value is -1.32. The molecule has 1 aliphatic heterocycles. The van der Waals surface area contributed by atoms with E-state index in [-0.39, 0.29) is 17.9 Å². The van der Waals surface area contributed by atoms with Crippen molar-refractivity contribution in [2.75, 3.05) is 6.61 Å². The highest BCUT2D eigenvalue weighted by Gasteiger charge is 2.40. The summed E-state index contributed by atoms with van der Waals surface area (Å²) in [5, 5.41) is 19.5.